The Morgan fingerprint density at radius 1 is 0.733 bits per heavy atom. The quantitative estimate of drug-likeness (QED) is 0.210. The molecule has 0 unspecified atom stereocenters. The van der Waals surface area contributed by atoms with Crippen LogP contribution >= 0.6 is 0 Å². The molecule has 1 radical (unpaired) electrons. The van der Waals surface area contributed by atoms with Crippen molar-refractivity contribution in [2.24, 2.45) is 5.92 Å². The predicted octanol–water partition coefficient (Wildman–Crippen LogP) is 8.92. The molecule has 1 aromatic rings. The van der Waals surface area contributed by atoms with E-state index in [4.69, 9.17) is 9.47 Å². The summed E-state index contributed by atoms with van der Waals surface area (Å²) in [4.78, 5) is 0. The third kappa shape index (κ3) is 11.9. The minimum absolute atomic E-state index is 0.785. The van der Waals surface area contributed by atoms with Crippen LogP contribution in [0.25, 0.3) is 0 Å². The van der Waals surface area contributed by atoms with Crippen LogP contribution in [-0.4, -0.2) is 13.2 Å². The molecule has 1 aromatic carbocycles. The number of rotatable bonds is 19. The number of unbranched alkanes of at least 4 members (excludes halogenated alkanes) is 11. The van der Waals surface area contributed by atoms with Gasteiger partial charge in [-0.05, 0) is 37.0 Å². The summed E-state index contributed by atoms with van der Waals surface area (Å²) in [6.07, 6.45) is 24.6. The lowest BCUT2D eigenvalue weighted by atomic mass is 9.99. The molecule has 0 bridgehead atoms. The standard InChI is InChI=1S/C28H47O2/c1-2-3-4-5-7-10-17-24-29-27-22-15-16-23-28(27)30-25-18-11-8-6-9-12-19-26-20-13-14-21-26/h15,22-23,26H,2-14,17-21,24-25H2,1H3. The van der Waals surface area contributed by atoms with E-state index in [1.165, 1.54) is 103 Å². The molecule has 0 atom stereocenters. The zero-order valence-corrected chi connectivity index (χ0v) is 19.8. The van der Waals surface area contributed by atoms with Crippen LogP contribution in [0.15, 0.2) is 18.2 Å². The van der Waals surface area contributed by atoms with Crippen LogP contribution in [-0.2, 0) is 0 Å². The Morgan fingerprint density at radius 2 is 1.30 bits per heavy atom. The van der Waals surface area contributed by atoms with Gasteiger partial charge >= 0.3 is 0 Å². The lowest BCUT2D eigenvalue weighted by molar-refractivity contribution is 0.258. The van der Waals surface area contributed by atoms with Gasteiger partial charge in [-0.25, -0.2) is 0 Å². The number of benzene rings is 1. The first kappa shape index (κ1) is 25.1. The Labute approximate surface area is 187 Å². The van der Waals surface area contributed by atoms with Crippen LogP contribution in [0.2, 0.25) is 0 Å². The first-order chi connectivity index (χ1) is 14.9. The van der Waals surface area contributed by atoms with E-state index in [0.29, 0.717) is 0 Å². The molecule has 0 N–H and O–H groups in total. The van der Waals surface area contributed by atoms with E-state index >= 15 is 0 Å². The number of hydrogen-bond donors (Lipinski definition) is 0. The molecule has 2 rings (SSSR count). The Kier molecular flexibility index (Phi) is 14.6. The molecule has 1 fully saturated rings. The second-order valence-corrected chi connectivity index (χ2v) is 9.25. The molecule has 1 aliphatic rings. The summed E-state index contributed by atoms with van der Waals surface area (Å²) in [7, 11) is 0. The van der Waals surface area contributed by atoms with E-state index in [9.17, 15) is 0 Å². The monoisotopic (exact) mass is 415 g/mol. The van der Waals surface area contributed by atoms with Crippen molar-refractivity contribution in [3.05, 3.63) is 24.3 Å². The smallest absolute Gasteiger partial charge is 0.161 e. The van der Waals surface area contributed by atoms with E-state index in [0.717, 1.165) is 43.5 Å². The summed E-state index contributed by atoms with van der Waals surface area (Å²) in [6.45, 7) is 3.84. The Hall–Kier alpha value is -1.18. The third-order valence-corrected chi connectivity index (χ3v) is 6.53. The first-order valence-electron chi connectivity index (χ1n) is 13.2. The van der Waals surface area contributed by atoms with E-state index in [-0.39, 0.29) is 0 Å². The van der Waals surface area contributed by atoms with Crippen LogP contribution < -0.4 is 9.47 Å². The van der Waals surface area contributed by atoms with Crippen molar-refractivity contribution in [3.63, 3.8) is 0 Å². The Balaban J connectivity index is 1.45. The van der Waals surface area contributed by atoms with Gasteiger partial charge in [0.05, 0.1) is 13.2 Å². The lowest BCUT2D eigenvalue weighted by Gasteiger charge is -2.12. The molecule has 1 aliphatic carbocycles. The van der Waals surface area contributed by atoms with Crippen molar-refractivity contribution < 1.29 is 9.47 Å². The van der Waals surface area contributed by atoms with Gasteiger partial charge in [0, 0.05) is 0 Å². The summed E-state index contributed by atoms with van der Waals surface area (Å²) in [5, 5.41) is 0. The summed E-state index contributed by atoms with van der Waals surface area (Å²) in [5.41, 5.74) is 0. The van der Waals surface area contributed by atoms with E-state index < -0.39 is 0 Å². The highest BCUT2D eigenvalue weighted by molar-refractivity contribution is 5.38. The van der Waals surface area contributed by atoms with Gasteiger partial charge in [-0.15, -0.1) is 0 Å². The van der Waals surface area contributed by atoms with Gasteiger partial charge in [-0.3, -0.25) is 0 Å². The third-order valence-electron chi connectivity index (χ3n) is 6.53. The molecule has 0 aliphatic heterocycles. The van der Waals surface area contributed by atoms with Crippen molar-refractivity contribution in [1.82, 2.24) is 0 Å². The fourth-order valence-corrected chi connectivity index (χ4v) is 4.60. The van der Waals surface area contributed by atoms with Gasteiger partial charge in [0.2, 0.25) is 0 Å². The fraction of sp³-hybridized carbons (Fsp3) is 0.786. The maximum atomic E-state index is 6.00. The van der Waals surface area contributed by atoms with Crippen molar-refractivity contribution in [2.75, 3.05) is 13.2 Å². The van der Waals surface area contributed by atoms with Gasteiger partial charge in [0.1, 0.15) is 0 Å². The van der Waals surface area contributed by atoms with Gasteiger partial charge in [-0.2, -0.15) is 0 Å². The molecule has 2 heteroatoms. The molecule has 0 spiro atoms. The largest absolute Gasteiger partial charge is 0.490 e. The summed E-state index contributed by atoms with van der Waals surface area (Å²) < 4.78 is 12.0. The van der Waals surface area contributed by atoms with E-state index in [2.05, 4.69) is 13.0 Å². The molecule has 2 nitrogen and oxygen atoms in total. The molecule has 0 aromatic heterocycles. The molecule has 0 heterocycles. The molecule has 0 saturated heterocycles. The summed E-state index contributed by atoms with van der Waals surface area (Å²) in [5.74, 6) is 2.80. The van der Waals surface area contributed by atoms with Gasteiger partial charge in [0.25, 0.3) is 0 Å². The minimum Gasteiger partial charge on any atom is -0.490 e. The highest BCUT2D eigenvalue weighted by Gasteiger charge is 2.13. The topological polar surface area (TPSA) is 18.5 Å². The normalized spacial score (nSPS) is 14.3. The van der Waals surface area contributed by atoms with Gasteiger partial charge in [0.15, 0.2) is 11.5 Å². The molecule has 0 amide bonds. The van der Waals surface area contributed by atoms with Crippen LogP contribution in [0.5, 0.6) is 11.5 Å². The molecule has 171 valence electrons. The maximum Gasteiger partial charge on any atom is 0.161 e. The average molecular weight is 416 g/mol. The van der Waals surface area contributed by atoms with Crippen LogP contribution in [0, 0.1) is 12.0 Å². The second kappa shape index (κ2) is 17.5. The van der Waals surface area contributed by atoms with Crippen molar-refractivity contribution in [1.29, 1.82) is 0 Å². The van der Waals surface area contributed by atoms with Gasteiger partial charge in [-0.1, -0.05) is 116 Å². The lowest BCUT2D eigenvalue weighted by Crippen LogP contribution is -2.02. The molecular formula is C28H47O2. The predicted molar refractivity (Wildman–Crippen MR) is 129 cm³/mol. The molecular weight excluding hydrogens is 368 g/mol. The van der Waals surface area contributed by atoms with Crippen LogP contribution in [0.3, 0.4) is 0 Å². The summed E-state index contributed by atoms with van der Waals surface area (Å²) in [6, 6.07) is 8.95. The van der Waals surface area contributed by atoms with Crippen LogP contribution in [0.4, 0.5) is 0 Å². The van der Waals surface area contributed by atoms with Gasteiger partial charge < -0.3 is 9.47 Å². The maximum absolute atomic E-state index is 6.00. The highest BCUT2D eigenvalue weighted by Crippen LogP contribution is 2.29. The Bertz CT molecular complexity index is 507. The molecule has 30 heavy (non-hydrogen) atoms. The highest BCUT2D eigenvalue weighted by atomic mass is 16.5. The van der Waals surface area contributed by atoms with Crippen molar-refractivity contribution >= 4 is 0 Å². The Morgan fingerprint density at radius 3 is 1.97 bits per heavy atom. The van der Waals surface area contributed by atoms with E-state index in [1.54, 1.807) is 0 Å². The number of ether oxygens (including phenoxy) is 2. The molecule has 1 saturated carbocycles. The zero-order valence-electron chi connectivity index (χ0n) is 19.8. The zero-order chi connectivity index (χ0) is 21.1. The van der Waals surface area contributed by atoms with Crippen molar-refractivity contribution in [2.45, 2.75) is 122 Å². The first-order valence-corrected chi connectivity index (χ1v) is 13.2. The minimum atomic E-state index is 0.785. The summed E-state index contributed by atoms with van der Waals surface area (Å²) >= 11 is 0. The van der Waals surface area contributed by atoms with E-state index in [1.807, 2.05) is 18.2 Å². The average Bonchev–Trinajstić information content (AvgIpc) is 3.29. The SMILES string of the molecule is CCCCCCCCCOc1cc[c]cc1OCCCCCCCCC1CCCC1. The van der Waals surface area contributed by atoms with Crippen LogP contribution in [0.1, 0.15) is 122 Å². The van der Waals surface area contributed by atoms with Crippen molar-refractivity contribution in [3.8, 4) is 11.5 Å². The fourth-order valence-electron chi connectivity index (χ4n) is 4.60. The number of hydrogen-bond acceptors (Lipinski definition) is 2. The second-order valence-electron chi connectivity index (χ2n) is 9.25.